The summed E-state index contributed by atoms with van der Waals surface area (Å²) < 4.78 is 52.4. The number of benzene rings is 2. The molecule has 0 radical (unpaired) electrons. The number of allylic oxidation sites excluding steroid dienone is 8. The first-order valence-electron chi connectivity index (χ1n) is 13.7. The number of rotatable bonds is 2. The van der Waals surface area contributed by atoms with Crippen molar-refractivity contribution in [3.8, 4) is 0 Å². The number of halogens is 4. The van der Waals surface area contributed by atoms with Gasteiger partial charge in [-0.2, -0.15) is 12.2 Å². The molecule has 0 spiro atoms. The van der Waals surface area contributed by atoms with E-state index >= 15 is 0 Å². The number of nitrogens with zero attached hydrogens (tertiary/aromatic N) is 2. The normalized spacial score (nSPS) is 18.6. The summed E-state index contributed by atoms with van der Waals surface area (Å²) in [5.41, 5.74) is 0.816. The van der Waals surface area contributed by atoms with Crippen LogP contribution in [0.5, 0.6) is 0 Å². The Labute approximate surface area is 258 Å². The quantitative estimate of drug-likeness (QED) is 0.194. The maximum atomic E-state index is 13.5. The molecule has 0 amide bonds. The van der Waals surface area contributed by atoms with Crippen LogP contribution in [0.4, 0.5) is 28.9 Å². The Balaban J connectivity index is 0.000000211. The molecule has 0 bridgehead atoms. The molecule has 2 aliphatic heterocycles. The summed E-state index contributed by atoms with van der Waals surface area (Å²) in [6, 6.07) is 9.66. The van der Waals surface area contributed by atoms with Crippen LogP contribution in [0.15, 0.2) is 60.7 Å². The van der Waals surface area contributed by atoms with Gasteiger partial charge >= 0.3 is 21.7 Å². The molecule has 2 aromatic carbocycles. The van der Waals surface area contributed by atoms with Crippen molar-refractivity contribution in [2.45, 2.75) is 77.3 Å². The molecule has 0 aromatic heterocycles. The largest absolute Gasteiger partial charge is 4.00 e. The molecule has 2 heterocycles. The predicted octanol–water partition coefficient (Wildman–Crippen LogP) is 8.90. The van der Waals surface area contributed by atoms with Gasteiger partial charge in [0.2, 0.25) is 0 Å². The topological polar surface area (TPSA) is 6.48 Å². The number of hydrogen-bond donors (Lipinski definition) is 0. The van der Waals surface area contributed by atoms with Crippen LogP contribution >= 0.6 is 0 Å². The summed E-state index contributed by atoms with van der Waals surface area (Å²) in [4.78, 5) is 3.97. The molecule has 0 atom stereocenters. The second-order valence-corrected chi connectivity index (χ2v) is 11.2. The molecule has 2 aliphatic carbocycles. The second-order valence-electron chi connectivity index (χ2n) is 11.2. The van der Waals surface area contributed by atoms with E-state index in [4.69, 9.17) is 0 Å². The fourth-order valence-electron chi connectivity index (χ4n) is 5.08. The van der Waals surface area contributed by atoms with E-state index in [2.05, 4.69) is 64.1 Å². The first-order chi connectivity index (χ1) is 19.0. The molecule has 2 fully saturated rings. The van der Waals surface area contributed by atoms with Crippen LogP contribution in [0.3, 0.4) is 0 Å². The van der Waals surface area contributed by atoms with E-state index in [1.54, 1.807) is 0 Å². The Morgan fingerprint density at radius 2 is 1.02 bits per heavy atom. The summed E-state index contributed by atoms with van der Waals surface area (Å²) in [6.07, 6.45) is 24.2. The molecule has 41 heavy (non-hydrogen) atoms. The van der Waals surface area contributed by atoms with Gasteiger partial charge in [-0.25, -0.2) is 41.9 Å². The van der Waals surface area contributed by atoms with Crippen LogP contribution in [-0.4, -0.2) is 24.2 Å². The standard InChI is InChI=1S/2C12H14F2N.2C5H5.Ti/c2*1-12(2)6-3-7-15(12)11-5-4-9(13)8-10(11)14;2*1-2-4-5-3-1;/h2*4-5H,3,6-7H2,1-2H3;2*1-3H,4H2;/q4*-1;+4. The van der Waals surface area contributed by atoms with Gasteiger partial charge in [-0.3, -0.25) is 12.2 Å². The molecule has 2 aromatic rings. The van der Waals surface area contributed by atoms with E-state index in [1.807, 2.05) is 34.1 Å². The molecule has 2 saturated heterocycles. The van der Waals surface area contributed by atoms with Gasteiger partial charge in [-0.1, -0.05) is 0 Å². The van der Waals surface area contributed by atoms with Crippen LogP contribution in [0.1, 0.15) is 66.2 Å². The van der Waals surface area contributed by atoms with Crippen LogP contribution < -0.4 is 9.80 Å². The van der Waals surface area contributed by atoms with Crippen molar-refractivity contribution in [3.05, 3.63) is 108 Å². The Morgan fingerprint density at radius 1 is 0.634 bits per heavy atom. The predicted molar refractivity (Wildman–Crippen MR) is 155 cm³/mol. The Hall–Kier alpha value is -2.57. The van der Waals surface area contributed by atoms with E-state index in [1.165, 1.54) is 24.3 Å². The fraction of sp³-hybridized carbons (Fsp3) is 0.412. The van der Waals surface area contributed by atoms with Gasteiger partial charge in [0.15, 0.2) is 0 Å². The molecule has 2 nitrogen and oxygen atoms in total. The van der Waals surface area contributed by atoms with E-state index in [0.717, 1.165) is 51.6 Å². The minimum absolute atomic E-state index is 0. The van der Waals surface area contributed by atoms with Crippen LogP contribution in [0, 0.1) is 47.6 Å². The number of hydrogen-bond acceptors (Lipinski definition) is 2. The van der Waals surface area contributed by atoms with Gasteiger partial charge in [0.1, 0.15) is 0 Å². The first-order valence-corrected chi connectivity index (χ1v) is 13.7. The van der Waals surface area contributed by atoms with E-state index in [-0.39, 0.29) is 32.8 Å². The molecule has 4 aliphatic rings. The van der Waals surface area contributed by atoms with Crippen molar-refractivity contribution in [1.82, 2.24) is 0 Å². The third-order valence-electron chi connectivity index (χ3n) is 7.24. The molecular weight excluding hydrogens is 560 g/mol. The van der Waals surface area contributed by atoms with Crippen LogP contribution in [0.2, 0.25) is 0 Å². The zero-order chi connectivity index (χ0) is 29.2. The van der Waals surface area contributed by atoms with E-state index in [0.29, 0.717) is 11.4 Å². The Bertz CT molecular complexity index is 1120. The van der Waals surface area contributed by atoms with Gasteiger partial charge in [-0.15, -0.1) is 49.2 Å². The third kappa shape index (κ3) is 10.3. The summed E-state index contributed by atoms with van der Waals surface area (Å²) in [7, 11) is 0. The van der Waals surface area contributed by atoms with E-state index in [9.17, 15) is 17.6 Å². The van der Waals surface area contributed by atoms with Crippen molar-refractivity contribution in [1.29, 1.82) is 0 Å². The molecule has 0 unspecified atom stereocenters. The molecule has 0 saturated carbocycles. The second kappa shape index (κ2) is 16.2. The average molecular weight is 599 g/mol. The maximum Gasteiger partial charge on any atom is 4.00 e. The molecule has 0 N–H and O–H groups in total. The molecule has 7 heteroatoms. The average Bonchev–Trinajstić information content (AvgIpc) is 3.71. The minimum atomic E-state index is -0.645. The first kappa shape index (κ1) is 34.6. The van der Waals surface area contributed by atoms with Gasteiger partial charge in [0.05, 0.1) is 0 Å². The van der Waals surface area contributed by atoms with Crippen molar-refractivity contribution in [2.24, 2.45) is 0 Å². The summed E-state index contributed by atoms with van der Waals surface area (Å²) in [5, 5.41) is 0. The van der Waals surface area contributed by atoms with Crippen molar-refractivity contribution >= 4 is 11.4 Å². The smallest absolute Gasteiger partial charge is 0.416 e. The van der Waals surface area contributed by atoms with Gasteiger partial charge < -0.3 is 9.80 Å². The van der Waals surface area contributed by atoms with Crippen LogP contribution in [-0.2, 0) is 21.7 Å². The zero-order valence-electron chi connectivity index (χ0n) is 24.3. The van der Waals surface area contributed by atoms with Crippen molar-refractivity contribution < 1.29 is 39.3 Å². The third-order valence-corrected chi connectivity index (χ3v) is 7.24. The van der Waals surface area contributed by atoms with Crippen LogP contribution in [0.25, 0.3) is 0 Å². The molecule has 216 valence electrons. The van der Waals surface area contributed by atoms with Gasteiger partial charge in [-0.05, 0) is 64.8 Å². The van der Waals surface area contributed by atoms with Gasteiger partial charge in [0, 0.05) is 47.4 Å². The Morgan fingerprint density at radius 3 is 1.24 bits per heavy atom. The molecule has 6 rings (SSSR count). The molecular formula is C34H38F4N2Ti. The summed E-state index contributed by atoms with van der Waals surface area (Å²) >= 11 is 0. The monoisotopic (exact) mass is 598 g/mol. The van der Waals surface area contributed by atoms with E-state index < -0.39 is 23.3 Å². The number of anilines is 2. The Kier molecular flexibility index (Phi) is 13.7. The minimum Gasteiger partial charge on any atom is -0.416 e. The summed E-state index contributed by atoms with van der Waals surface area (Å²) in [5.74, 6) is -2.48. The van der Waals surface area contributed by atoms with Crippen molar-refractivity contribution in [3.63, 3.8) is 0 Å². The van der Waals surface area contributed by atoms with Gasteiger partial charge in [0.25, 0.3) is 0 Å². The summed E-state index contributed by atoms with van der Waals surface area (Å²) in [6.45, 7) is 9.93. The zero-order valence-corrected chi connectivity index (χ0v) is 25.9. The maximum absolute atomic E-state index is 13.5. The SMILES string of the molecule is CC1(C)CCCN1c1ccc(F)[c-]c1F.CC1(C)CCCN1c1ccc(F)[c-]c1F.[C-]1=CC=CC1.[C-]1=CC=CC1.[Ti+4]. The fourth-order valence-corrected chi connectivity index (χ4v) is 5.08. The van der Waals surface area contributed by atoms with Crippen molar-refractivity contribution in [2.75, 3.05) is 22.9 Å².